The fourth-order valence-electron chi connectivity index (χ4n) is 3.01. The van der Waals surface area contributed by atoms with Crippen LogP contribution in [-0.4, -0.2) is 36.5 Å². The highest BCUT2D eigenvalue weighted by molar-refractivity contribution is 5.94. The molecule has 0 aliphatic carbocycles. The van der Waals surface area contributed by atoms with E-state index in [2.05, 4.69) is 10.2 Å². The Hall–Kier alpha value is -1.26. The van der Waals surface area contributed by atoms with Crippen LogP contribution in [0.3, 0.4) is 0 Å². The first-order valence-electron chi connectivity index (χ1n) is 6.61. The molecule has 5 heteroatoms. The van der Waals surface area contributed by atoms with Crippen LogP contribution >= 0.6 is 12.4 Å². The van der Waals surface area contributed by atoms with Crippen molar-refractivity contribution >= 4 is 24.0 Å². The van der Waals surface area contributed by atoms with Crippen molar-refractivity contribution in [2.24, 2.45) is 5.92 Å². The topological polar surface area (TPSA) is 58.4 Å². The van der Waals surface area contributed by atoms with E-state index in [0.29, 0.717) is 23.2 Å². The van der Waals surface area contributed by atoms with Gasteiger partial charge in [-0.05, 0) is 56.1 Å². The van der Waals surface area contributed by atoms with Crippen LogP contribution in [0.25, 0.3) is 0 Å². The summed E-state index contributed by atoms with van der Waals surface area (Å²) in [5, 5.41) is 3.16. The number of amides is 1. The van der Waals surface area contributed by atoms with Crippen molar-refractivity contribution in [3.05, 3.63) is 29.8 Å². The lowest BCUT2D eigenvalue weighted by atomic mass is 9.84. The van der Waals surface area contributed by atoms with Gasteiger partial charge in [0.15, 0.2) is 0 Å². The van der Waals surface area contributed by atoms with E-state index in [-0.39, 0.29) is 18.3 Å². The summed E-state index contributed by atoms with van der Waals surface area (Å²) in [5.74, 6) is 0.682. The first-order chi connectivity index (χ1) is 8.72. The summed E-state index contributed by atoms with van der Waals surface area (Å²) in [6, 6.07) is 7.42. The molecular weight excluding hydrogens is 262 g/mol. The van der Waals surface area contributed by atoms with Gasteiger partial charge >= 0.3 is 0 Å². The van der Waals surface area contributed by atoms with Gasteiger partial charge in [0.2, 0.25) is 0 Å². The van der Waals surface area contributed by atoms with Crippen molar-refractivity contribution in [2.75, 3.05) is 25.4 Å². The standard InChI is InChI=1S/C14H19N3O.ClH/c15-12-3-1-11(2-4-12)14(18)16-13-9-17-7-5-10(13)6-8-17;/h1-4,10,13H,5-9,15H2,(H,16,18);1H. The van der Waals surface area contributed by atoms with E-state index in [1.54, 1.807) is 24.3 Å². The van der Waals surface area contributed by atoms with Crippen LogP contribution in [0.1, 0.15) is 23.2 Å². The van der Waals surface area contributed by atoms with Crippen LogP contribution in [0.15, 0.2) is 24.3 Å². The van der Waals surface area contributed by atoms with E-state index in [1.807, 2.05) is 0 Å². The van der Waals surface area contributed by atoms with Crippen molar-refractivity contribution in [1.29, 1.82) is 0 Å². The predicted molar refractivity (Wildman–Crippen MR) is 78.5 cm³/mol. The Labute approximate surface area is 119 Å². The monoisotopic (exact) mass is 281 g/mol. The molecule has 3 fully saturated rings. The molecular formula is C14H20ClN3O. The largest absolute Gasteiger partial charge is 0.399 e. The number of benzene rings is 1. The lowest BCUT2D eigenvalue weighted by Crippen LogP contribution is -2.57. The van der Waals surface area contributed by atoms with Crippen molar-refractivity contribution in [3.8, 4) is 0 Å². The molecule has 3 aliphatic rings. The summed E-state index contributed by atoms with van der Waals surface area (Å²) in [5.41, 5.74) is 7.01. The molecule has 3 saturated heterocycles. The molecule has 0 radical (unpaired) electrons. The molecule has 0 spiro atoms. The van der Waals surface area contributed by atoms with Crippen LogP contribution in [0.2, 0.25) is 0 Å². The average Bonchev–Trinajstić information content (AvgIpc) is 2.41. The van der Waals surface area contributed by atoms with E-state index in [0.717, 1.165) is 6.54 Å². The molecule has 1 atom stereocenters. The lowest BCUT2D eigenvalue weighted by Gasteiger charge is -2.44. The Balaban J connectivity index is 0.00000133. The normalized spacial score (nSPS) is 28.5. The summed E-state index contributed by atoms with van der Waals surface area (Å²) in [6.07, 6.45) is 2.43. The number of piperidine rings is 3. The van der Waals surface area contributed by atoms with Gasteiger partial charge in [-0.3, -0.25) is 4.79 Å². The van der Waals surface area contributed by atoms with Gasteiger partial charge in [-0.15, -0.1) is 12.4 Å². The van der Waals surface area contributed by atoms with Gasteiger partial charge in [-0.25, -0.2) is 0 Å². The van der Waals surface area contributed by atoms with Crippen LogP contribution in [0, 0.1) is 5.92 Å². The van der Waals surface area contributed by atoms with Crippen LogP contribution in [0.5, 0.6) is 0 Å². The third-order valence-electron chi connectivity index (χ3n) is 4.15. The average molecular weight is 282 g/mol. The maximum absolute atomic E-state index is 12.1. The van der Waals surface area contributed by atoms with Gasteiger partial charge in [-0.1, -0.05) is 0 Å². The zero-order valence-electron chi connectivity index (χ0n) is 10.8. The lowest BCUT2D eigenvalue weighted by molar-refractivity contribution is 0.0620. The van der Waals surface area contributed by atoms with Crippen molar-refractivity contribution < 1.29 is 4.79 Å². The Kier molecular flexibility index (Phi) is 4.32. The second kappa shape index (κ2) is 5.80. The van der Waals surface area contributed by atoms with Crippen LogP contribution < -0.4 is 11.1 Å². The molecule has 0 saturated carbocycles. The van der Waals surface area contributed by atoms with Crippen molar-refractivity contribution in [1.82, 2.24) is 10.2 Å². The number of carbonyl (C=O) groups excluding carboxylic acids is 1. The molecule has 1 aromatic rings. The molecule has 1 unspecified atom stereocenters. The van der Waals surface area contributed by atoms with Crippen molar-refractivity contribution in [3.63, 3.8) is 0 Å². The third-order valence-corrected chi connectivity index (χ3v) is 4.15. The molecule has 0 aromatic heterocycles. The second-order valence-corrected chi connectivity index (χ2v) is 5.34. The highest BCUT2D eigenvalue weighted by Crippen LogP contribution is 2.27. The molecule has 3 aliphatic heterocycles. The summed E-state index contributed by atoms with van der Waals surface area (Å²) in [6.45, 7) is 3.39. The number of nitrogens with zero attached hydrogens (tertiary/aromatic N) is 1. The molecule has 104 valence electrons. The summed E-state index contributed by atoms with van der Waals surface area (Å²) in [4.78, 5) is 14.6. The van der Waals surface area contributed by atoms with Gasteiger partial charge in [0.05, 0.1) is 0 Å². The van der Waals surface area contributed by atoms with Crippen LogP contribution in [0.4, 0.5) is 5.69 Å². The molecule has 4 nitrogen and oxygen atoms in total. The third kappa shape index (κ3) is 3.01. The molecule has 1 amide bonds. The van der Waals surface area contributed by atoms with Gasteiger partial charge < -0.3 is 16.0 Å². The number of rotatable bonds is 2. The Morgan fingerprint density at radius 1 is 1.21 bits per heavy atom. The first kappa shape index (κ1) is 14.2. The summed E-state index contributed by atoms with van der Waals surface area (Å²) < 4.78 is 0. The zero-order valence-corrected chi connectivity index (χ0v) is 11.7. The Morgan fingerprint density at radius 2 is 1.84 bits per heavy atom. The fourth-order valence-corrected chi connectivity index (χ4v) is 3.01. The number of fused-ring (bicyclic) bond motifs is 3. The number of nitrogens with two attached hydrogens (primary N) is 1. The van der Waals surface area contributed by atoms with E-state index in [9.17, 15) is 4.79 Å². The number of anilines is 1. The molecule has 3 heterocycles. The maximum Gasteiger partial charge on any atom is 0.251 e. The highest BCUT2D eigenvalue weighted by atomic mass is 35.5. The molecule has 1 aromatic carbocycles. The summed E-state index contributed by atoms with van der Waals surface area (Å²) in [7, 11) is 0. The number of nitrogens with one attached hydrogen (secondary N) is 1. The number of nitrogen functional groups attached to an aromatic ring is 1. The van der Waals surface area contributed by atoms with Gasteiger partial charge in [-0.2, -0.15) is 0 Å². The van der Waals surface area contributed by atoms with E-state index >= 15 is 0 Å². The number of hydrogen-bond acceptors (Lipinski definition) is 3. The van der Waals surface area contributed by atoms with E-state index < -0.39 is 0 Å². The van der Waals surface area contributed by atoms with Gasteiger partial charge in [0, 0.05) is 23.8 Å². The van der Waals surface area contributed by atoms with E-state index in [4.69, 9.17) is 5.73 Å². The number of carbonyl (C=O) groups is 1. The highest BCUT2D eigenvalue weighted by Gasteiger charge is 2.34. The fraction of sp³-hybridized carbons (Fsp3) is 0.500. The minimum atomic E-state index is 0. The smallest absolute Gasteiger partial charge is 0.251 e. The molecule has 19 heavy (non-hydrogen) atoms. The van der Waals surface area contributed by atoms with E-state index in [1.165, 1.54) is 25.9 Å². The Bertz CT molecular complexity index is 441. The van der Waals surface area contributed by atoms with Crippen molar-refractivity contribution in [2.45, 2.75) is 18.9 Å². The first-order valence-corrected chi connectivity index (χ1v) is 6.61. The minimum absolute atomic E-state index is 0. The molecule has 2 bridgehead atoms. The molecule has 3 N–H and O–H groups in total. The maximum atomic E-state index is 12.1. The zero-order chi connectivity index (χ0) is 12.5. The SMILES string of the molecule is Cl.Nc1ccc(C(=O)NC2CN3CCC2CC3)cc1. The number of halogens is 1. The quantitative estimate of drug-likeness (QED) is 0.808. The second-order valence-electron chi connectivity index (χ2n) is 5.34. The Morgan fingerprint density at radius 3 is 2.37 bits per heavy atom. The number of hydrogen-bond donors (Lipinski definition) is 2. The summed E-state index contributed by atoms with van der Waals surface area (Å²) >= 11 is 0. The minimum Gasteiger partial charge on any atom is -0.399 e. The van der Waals surface area contributed by atoms with Gasteiger partial charge in [0.25, 0.3) is 5.91 Å². The molecule has 4 rings (SSSR count). The van der Waals surface area contributed by atoms with Gasteiger partial charge in [0.1, 0.15) is 0 Å². The van der Waals surface area contributed by atoms with Crippen LogP contribution in [-0.2, 0) is 0 Å². The predicted octanol–water partition coefficient (Wildman–Crippen LogP) is 1.51.